The molecule has 0 spiro atoms. The number of morpholine rings is 1. The van der Waals surface area contributed by atoms with Crippen molar-refractivity contribution < 1.29 is 19.1 Å². The molecule has 1 fully saturated rings. The van der Waals surface area contributed by atoms with Crippen LogP contribution in [0.25, 0.3) is 0 Å². The predicted molar refractivity (Wildman–Crippen MR) is 118 cm³/mol. The van der Waals surface area contributed by atoms with E-state index in [0.717, 1.165) is 30.3 Å². The number of benzene rings is 2. The smallest absolute Gasteiger partial charge is 0.325 e. The monoisotopic (exact) mass is 439 g/mol. The Morgan fingerprint density at radius 1 is 1.10 bits per heavy atom. The third-order valence-electron chi connectivity index (χ3n) is 4.81. The Morgan fingerprint density at radius 3 is 2.65 bits per heavy atom. The Morgan fingerprint density at radius 2 is 1.90 bits per heavy atom. The van der Waals surface area contributed by atoms with Crippen molar-refractivity contribution in [2.75, 3.05) is 48.9 Å². The van der Waals surface area contributed by atoms with Crippen LogP contribution in [0.15, 0.2) is 48.8 Å². The first-order chi connectivity index (χ1) is 15.2. The number of nitrogens with zero attached hydrogens (tertiary/aromatic N) is 3. The molecular formula is C21H21N5O4S. The maximum atomic E-state index is 13.5. The number of rotatable bonds is 6. The van der Waals surface area contributed by atoms with Crippen LogP contribution >= 0.6 is 11.5 Å². The summed E-state index contributed by atoms with van der Waals surface area (Å²) < 4.78 is 14.6. The van der Waals surface area contributed by atoms with Gasteiger partial charge in [0.2, 0.25) is 5.13 Å². The highest BCUT2D eigenvalue weighted by Crippen LogP contribution is 2.29. The van der Waals surface area contributed by atoms with Crippen LogP contribution < -0.4 is 20.3 Å². The molecule has 0 atom stereocenters. The highest BCUT2D eigenvalue weighted by atomic mass is 32.1. The molecule has 2 heterocycles. The standard InChI is InChI=1S/C21H21N5O4S/c1-29-18-5-3-2-4-15(18)19(27)16-12-14(26-8-10-30-11-9-26)6-7-17(16)24-20(28)25-21-22-13-23-31-21/h2-7,12-13H,8-11H2,1H3,(H2,22,23,24,25,28). The van der Waals surface area contributed by atoms with E-state index in [-0.39, 0.29) is 5.78 Å². The molecule has 1 aliphatic rings. The van der Waals surface area contributed by atoms with Gasteiger partial charge in [0.15, 0.2) is 5.78 Å². The van der Waals surface area contributed by atoms with Gasteiger partial charge in [0, 0.05) is 35.9 Å². The van der Waals surface area contributed by atoms with Crippen LogP contribution in [0, 0.1) is 0 Å². The van der Waals surface area contributed by atoms with E-state index in [1.807, 2.05) is 6.07 Å². The van der Waals surface area contributed by atoms with Gasteiger partial charge in [-0.3, -0.25) is 10.1 Å². The average molecular weight is 439 g/mol. The van der Waals surface area contributed by atoms with E-state index in [1.54, 1.807) is 36.4 Å². The van der Waals surface area contributed by atoms with E-state index in [9.17, 15) is 9.59 Å². The number of hydrogen-bond donors (Lipinski definition) is 2. The number of aromatic nitrogens is 2. The van der Waals surface area contributed by atoms with Crippen molar-refractivity contribution in [1.82, 2.24) is 9.36 Å². The fraction of sp³-hybridized carbons (Fsp3) is 0.238. The SMILES string of the molecule is COc1ccccc1C(=O)c1cc(N2CCOCC2)ccc1NC(=O)Nc1ncns1. The topological polar surface area (TPSA) is 106 Å². The van der Waals surface area contributed by atoms with E-state index in [2.05, 4.69) is 24.9 Å². The fourth-order valence-corrected chi connectivity index (χ4v) is 3.73. The summed E-state index contributed by atoms with van der Waals surface area (Å²) in [5, 5.41) is 5.72. The predicted octanol–water partition coefficient (Wildman–Crippen LogP) is 3.26. The number of methoxy groups -OCH3 is 1. The summed E-state index contributed by atoms with van der Waals surface area (Å²) in [5.74, 6) is 0.215. The molecular weight excluding hydrogens is 418 g/mol. The van der Waals surface area contributed by atoms with Crippen molar-refractivity contribution in [3.05, 3.63) is 59.9 Å². The molecule has 1 aromatic heterocycles. The normalized spacial score (nSPS) is 13.5. The van der Waals surface area contributed by atoms with E-state index in [4.69, 9.17) is 9.47 Å². The molecule has 0 saturated carbocycles. The third kappa shape index (κ3) is 4.81. The number of urea groups is 1. The van der Waals surface area contributed by atoms with Crippen molar-refractivity contribution >= 4 is 39.9 Å². The molecule has 10 heteroatoms. The largest absolute Gasteiger partial charge is 0.496 e. The van der Waals surface area contributed by atoms with Crippen LogP contribution in [0.1, 0.15) is 15.9 Å². The van der Waals surface area contributed by atoms with Crippen LogP contribution in [0.4, 0.5) is 21.3 Å². The lowest BCUT2D eigenvalue weighted by Gasteiger charge is -2.29. The molecule has 9 nitrogen and oxygen atoms in total. The molecule has 2 N–H and O–H groups in total. The Labute approximate surface area is 183 Å². The molecule has 2 aromatic carbocycles. The lowest BCUT2D eigenvalue weighted by molar-refractivity contribution is 0.103. The number of carbonyl (C=O) groups excluding carboxylic acids is 2. The lowest BCUT2D eigenvalue weighted by Crippen LogP contribution is -2.36. The second kappa shape index (κ2) is 9.54. The van der Waals surface area contributed by atoms with Gasteiger partial charge >= 0.3 is 6.03 Å². The van der Waals surface area contributed by atoms with Gasteiger partial charge in [0.1, 0.15) is 12.1 Å². The van der Waals surface area contributed by atoms with Gasteiger partial charge in [-0.25, -0.2) is 9.78 Å². The highest BCUT2D eigenvalue weighted by molar-refractivity contribution is 7.09. The van der Waals surface area contributed by atoms with Gasteiger partial charge in [-0.1, -0.05) is 12.1 Å². The minimum atomic E-state index is -0.509. The lowest BCUT2D eigenvalue weighted by atomic mass is 9.99. The van der Waals surface area contributed by atoms with Gasteiger partial charge in [-0.05, 0) is 30.3 Å². The quantitative estimate of drug-likeness (QED) is 0.568. The van der Waals surface area contributed by atoms with E-state index in [1.165, 1.54) is 13.4 Å². The number of ether oxygens (including phenoxy) is 2. The number of anilines is 3. The van der Waals surface area contributed by atoms with Crippen LogP contribution in [-0.4, -0.2) is 54.6 Å². The zero-order valence-corrected chi connectivity index (χ0v) is 17.6. The molecule has 4 rings (SSSR count). The second-order valence-electron chi connectivity index (χ2n) is 6.68. The number of ketones is 1. The van der Waals surface area contributed by atoms with Crippen molar-refractivity contribution in [3.63, 3.8) is 0 Å². The van der Waals surface area contributed by atoms with Crippen molar-refractivity contribution in [2.45, 2.75) is 0 Å². The number of para-hydroxylation sites is 1. The minimum Gasteiger partial charge on any atom is -0.496 e. The van der Waals surface area contributed by atoms with Gasteiger partial charge in [0.25, 0.3) is 0 Å². The van der Waals surface area contributed by atoms with Gasteiger partial charge < -0.3 is 19.7 Å². The van der Waals surface area contributed by atoms with Crippen LogP contribution in [0.2, 0.25) is 0 Å². The van der Waals surface area contributed by atoms with Crippen LogP contribution in [-0.2, 0) is 4.74 Å². The summed E-state index contributed by atoms with van der Waals surface area (Å²) in [6.45, 7) is 2.71. The van der Waals surface area contributed by atoms with Crippen LogP contribution in [0.3, 0.4) is 0 Å². The summed E-state index contributed by atoms with van der Waals surface area (Å²) in [7, 11) is 1.52. The minimum absolute atomic E-state index is 0.251. The fourth-order valence-electron chi connectivity index (χ4n) is 3.30. The number of nitrogens with one attached hydrogen (secondary N) is 2. The van der Waals surface area contributed by atoms with E-state index in [0.29, 0.717) is 40.9 Å². The molecule has 1 saturated heterocycles. The van der Waals surface area contributed by atoms with E-state index < -0.39 is 6.03 Å². The first-order valence-electron chi connectivity index (χ1n) is 9.65. The Bertz CT molecular complexity index is 1070. The Hall–Kier alpha value is -3.50. The molecule has 31 heavy (non-hydrogen) atoms. The van der Waals surface area contributed by atoms with Crippen LogP contribution in [0.5, 0.6) is 5.75 Å². The molecule has 0 radical (unpaired) electrons. The first kappa shape index (κ1) is 20.8. The first-order valence-corrected chi connectivity index (χ1v) is 10.4. The molecule has 0 unspecified atom stereocenters. The van der Waals surface area contributed by atoms with Crippen molar-refractivity contribution in [1.29, 1.82) is 0 Å². The molecule has 160 valence electrons. The third-order valence-corrected chi connectivity index (χ3v) is 5.39. The molecule has 0 aliphatic carbocycles. The molecule has 0 bridgehead atoms. The van der Waals surface area contributed by atoms with Crippen molar-refractivity contribution in [2.24, 2.45) is 0 Å². The Balaban J connectivity index is 1.67. The molecule has 1 aliphatic heterocycles. The number of carbonyl (C=O) groups is 2. The highest BCUT2D eigenvalue weighted by Gasteiger charge is 2.21. The maximum Gasteiger partial charge on any atom is 0.325 e. The maximum absolute atomic E-state index is 13.5. The Kier molecular flexibility index (Phi) is 6.39. The zero-order valence-electron chi connectivity index (χ0n) is 16.8. The van der Waals surface area contributed by atoms with Gasteiger partial charge in [-0.2, -0.15) is 4.37 Å². The van der Waals surface area contributed by atoms with Gasteiger partial charge in [-0.15, -0.1) is 0 Å². The summed E-state index contributed by atoms with van der Waals surface area (Å²) in [6.07, 6.45) is 1.36. The number of amides is 2. The average Bonchev–Trinajstić information content (AvgIpc) is 3.32. The van der Waals surface area contributed by atoms with Gasteiger partial charge in [0.05, 0.1) is 31.6 Å². The molecule has 3 aromatic rings. The zero-order chi connectivity index (χ0) is 21.6. The van der Waals surface area contributed by atoms with E-state index >= 15 is 0 Å². The summed E-state index contributed by atoms with van der Waals surface area (Å²) in [4.78, 5) is 32.0. The van der Waals surface area contributed by atoms with Crippen molar-refractivity contribution in [3.8, 4) is 5.75 Å². The molecule has 2 amide bonds. The summed E-state index contributed by atoms with van der Waals surface area (Å²) in [5.41, 5.74) is 2.05. The summed E-state index contributed by atoms with van der Waals surface area (Å²) in [6, 6.07) is 11.9. The second-order valence-corrected chi connectivity index (χ2v) is 7.46. The number of hydrogen-bond acceptors (Lipinski definition) is 8. The summed E-state index contributed by atoms with van der Waals surface area (Å²) >= 11 is 1.06.